The molecule has 2 rings (SSSR count). The largest absolute Gasteiger partial charge is 0.481 e. The van der Waals surface area contributed by atoms with Crippen molar-refractivity contribution in [2.75, 3.05) is 27.2 Å². The summed E-state index contributed by atoms with van der Waals surface area (Å²) in [6.45, 7) is 2.13. The molecule has 0 spiro atoms. The minimum Gasteiger partial charge on any atom is -0.481 e. The van der Waals surface area contributed by atoms with Crippen LogP contribution in [0.2, 0.25) is 0 Å². The second kappa shape index (κ2) is 6.21. The van der Waals surface area contributed by atoms with Gasteiger partial charge in [0.1, 0.15) is 9.77 Å². The molecule has 1 atom stereocenters. The molecule has 0 aromatic carbocycles. The Kier molecular flexibility index (Phi) is 4.84. The molecule has 1 N–H and O–H groups in total. The van der Waals surface area contributed by atoms with Crippen molar-refractivity contribution in [3.8, 4) is 0 Å². The van der Waals surface area contributed by atoms with Crippen molar-refractivity contribution in [3.05, 3.63) is 16.3 Å². The molecule has 0 aliphatic carbocycles. The van der Waals surface area contributed by atoms with Gasteiger partial charge in [0.15, 0.2) is 0 Å². The lowest BCUT2D eigenvalue weighted by Crippen LogP contribution is -2.48. The van der Waals surface area contributed by atoms with Crippen molar-refractivity contribution in [1.29, 1.82) is 0 Å². The van der Waals surface area contributed by atoms with Gasteiger partial charge in [0.2, 0.25) is 10.0 Å². The minimum absolute atomic E-state index is 0.0277. The van der Waals surface area contributed by atoms with E-state index in [4.69, 9.17) is 0 Å². The van der Waals surface area contributed by atoms with Crippen molar-refractivity contribution in [2.45, 2.75) is 24.7 Å². The van der Waals surface area contributed by atoms with Crippen molar-refractivity contribution >= 4 is 33.2 Å². The molecule has 9 heteroatoms. The first-order valence-electron chi connectivity index (χ1n) is 7.12. The second-order valence-corrected chi connectivity index (χ2v) is 9.13. The van der Waals surface area contributed by atoms with Gasteiger partial charge in [-0.1, -0.05) is 0 Å². The Bertz CT molecular complexity index is 725. The Morgan fingerprint density at radius 3 is 2.61 bits per heavy atom. The zero-order valence-electron chi connectivity index (χ0n) is 13.3. The lowest BCUT2D eigenvalue weighted by Gasteiger charge is -2.37. The molecular weight excluding hydrogens is 340 g/mol. The molecule has 0 saturated carbocycles. The van der Waals surface area contributed by atoms with Crippen LogP contribution in [0.15, 0.2) is 16.3 Å². The lowest BCUT2D eigenvalue weighted by atomic mass is 9.82. The molecule has 1 amide bonds. The molecule has 1 aromatic heterocycles. The summed E-state index contributed by atoms with van der Waals surface area (Å²) in [5.41, 5.74) is -0.994. The maximum atomic E-state index is 12.7. The lowest BCUT2D eigenvalue weighted by molar-refractivity contribution is -0.150. The molecule has 1 aliphatic rings. The average molecular weight is 360 g/mol. The molecule has 128 valence electrons. The van der Waals surface area contributed by atoms with Crippen LogP contribution in [-0.2, 0) is 14.8 Å². The number of hydrogen-bond donors (Lipinski definition) is 1. The van der Waals surface area contributed by atoms with Gasteiger partial charge in [0.05, 0.1) is 5.41 Å². The number of thiophene rings is 1. The van der Waals surface area contributed by atoms with Gasteiger partial charge >= 0.3 is 5.97 Å². The van der Waals surface area contributed by atoms with E-state index in [1.165, 1.54) is 25.1 Å². The Balaban J connectivity index is 2.33. The Hall–Kier alpha value is -1.45. The first-order chi connectivity index (χ1) is 10.6. The van der Waals surface area contributed by atoms with Crippen molar-refractivity contribution < 1.29 is 23.1 Å². The number of piperidine rings is 1. The van der Waals surface area contributed by atoms with Gasteiger partial charge in [-0.15, -0.1) is 11.3 Å². The van der Waals surface area contributed by atoms with Crippen LogP contribution in [0.4, 0.5) is 0 Å². The highest BCUT2D eigenvalue weighted by Gasteiger charge is 2.40. The van der Waals surface area contributed by atoms with Crippen LogP contribution in [0.3, 0.4) is 0 Å². The highest BCUT2D eigenvalue weighted by molar-refractivity contribution is 7.89. The molecule has 0 radical (unpaired) electrons. The minimum atomic E-state index is -3.71. The van der Waals surface area contributed by atoms with Crippen molar-refractivity contribution in [3.63, 3.8) is 0 Å². The van der Waals surface area contributed by atoms with Crippen LogP contribution >= 0.6 is 11.3 Å². The van der Waals surface area contributed by atoms with Gasteiger partial charge in [0, 0.05) is 27.2 Å². The third kappa shape index (κ3) is 3.26. The molecule has 1 unspecified atom stereocenters. The summed E-state index contributed by atoms with van der Waals surface area (Å²) >= 11 is 1.06. The smallest absolute Gasteiger partial charge is 0.311 e. The molecule has 23 heavy (non-hydrogen) atoms. The van der Waals surface area contributed by atoms with Crippen LogP contribution in [0, 0.1) is 5.41 Å². The number of likely N-dealkylation sites (tertiary alicyclic amines) is 1. The second-order valence-electron chi connectivity index (χ2n) is 6.10. The number of aliphatic carboxylic acids is 1. The fraction of sp³-hybridized carbons (Fsp3) is 0.571. The summed E-state index contributed by atoms with van der Waals surface area (Å²) in [6, 6.07) is 1.41. The van der Waals surface area contributed by atoms with Crippen LogP contribution in [-0.4, -0.2) is 61.8 Å². The van der Waals surface area contributed by atoms with E-state index in [1.807, 2.05) is 0 Å². The zero-order chi connectivity index (χ0) is 17.4. The SMILES string of the molecule is CN(C)S(=O)(=O)c1ccsc1C(=O)N1CCCC(C)(C(=O)O)C1. The monoisotopic (exact) mass is 360 g/mol. The van der Waals surface area contributed by atoms with Crippen LogP contribution < -0.4 is 0 Å². The summed E-state index contributed by atoms with van der Waals surface area (Å²) in [5.74, 6) is -1.37. The number of sulfonamides is 1. The summed E-state index contributed by atoms with van der Waals surface area (Å²) in [5, 5.41) is 10.9. The molecule has 1 saturated heterocycles. The number of carboxylic acid groups (broad SMARTS) is 1. The molecule has 1 fully saturated rings. The zero-order valence-corrected chi connectivity index (χ0v) is 14.9. The summed E-state index contributed by atoms with van der Waals surface area (Å²) in [6.07, 6.45) is 1.08. The van der Waals surface area contributed by atoms with Gasteiger partial charge in [-0.05, 0) is 31.2 Å². The molecular formula is C14H20N2O5S2. The van der Waals surface area contributed by atoms with Crippen molar-refractivity contribution in [2.24, 2.45) is 5.41 Å². The normalized spacial score (nSPS) is 22.3. The predicted molar refractivity (Wildman–Crippen MR) is 86.1 cm³/mol. The van der Waals surface area contributed by atoms with Crippen LogP contribution in [0.5, 0.6) is 0 Å². The fourth-order valence-corrected chi connectivity index (χ4v) is 4.84. The fourth-order valence-electron chi connectivity index (χ4n) is 2.58. The number of carbonyl (C=O) groups is 2. The molecule has 2 heterocycles. The average Bonchev–Trinajstić information content (AvgIpc) is 2.96. The maximum Gasteiger partial charge on any atom is 0.311 e. The maximum absolute atomic E-state index is 12.7. The van der Waals surface area contributed by atoms with E-state index in [-0.39, 0.29) is 16.3 Å². The van der Waals surface area contributed by atoms with Gasteiger partial charge < -0.3 is 10.0 Å². The Labute approximate surface area is 139 Å². The number of rotatable bonds is 4. The summed E-state index contributed by atoms with van der Waals surface area (Å²) < 4.78 is 25.7. The molecule has 1 aliphatic heterocycles. The van der Waals surface area contributed by atoms with E-state index in [2.05, 4.69) is 0 Å². The van der Waals surface area contributed by atoms with E-state index in [0.717, 1.165) is 15.6 Å². The first kappa shape index (κ1) is 17.9. The highest BCUT2D eigenvalue weighted by atomic mass is 32.2. The van der Waals surface area contributed by atoms with E-state index in [9.17, 15) is 23.1 Å². The van der Waals surface area contributed by atoms with Crippen molar-refractivity contribution in [1.82, 2.24) is 9.21 Å². The van der Waals surface area contributed by atoms with Crippen LogP contribution in [0.1, 0.15) is 29.4 Å². The number of hydrogen-bond acceptors (Lipinski definition) is 5. The Morgan fingerprint density at radius 1 is 1.39 bits per heavy atom. The van der Waals surface area contributed by atoms with E-state index < -0.39 is 27.3 Å². The standard InChI is InChI=1S/C14H20N2O5S2/c1-14(13(18)19)6-4-7-16(9-14)12(17)11-10(5-8-22-11)23(20,21)15(2)3/h5,8H,4,6-7,9H2,1-3H3,(H,18,19). The van der Waals surface area contributed by atoms with Gasteiger partial charge in [-0.3, -0.25) is 9.59 Å². The third-order valence-corrected chi connectivity index (χ3v) is 6.97. The Morgan fingerprint density at radius 2 is 2.04 bits per heavy atom. The van der Waals surface area contributed by atoms with E-state index in [1.54, 1.807) is 12.3 Å². The first-order valence-corrected chi connectivity index (χ1v) is 9.44. The van der Waals surface area contributed by atoms with Gasteiger partial charge in [-0.2, -0.15) is 0 Å². The topological polar surface area (TPSA) is 95.0 Å². The quantitative estimate of drug-likeness (QED) is 0.874. The number of carbonyl (C=O) groups excluding carboxylic acids is 1. The van der Waals surface area contributed by atoms with Crippen LogP contribution in [0.25, 0.3) is 0 Å². The van der Waals surface area contributed by atoms with Gasteiger partial charge in [0.25, 0.3) is 5.91 Å². The van der Waals surface area contributed by atoms with Gasteiger partial charge in [-0.25, -0.2) is 12.7 Å². The predicted octanol–water partition coefficient (Wildman–Crippen LogP) is 1.33. The molecule has 1 aromatic rings. The highest BCUT2D eigenvalue weighted by Crippen LogP contribution is 2.32. The number of amides is 1. The van der Waals surface area contributed by atoms with E-state index >= 15 is 0 Å². The summed E-state index contributed by atoms with van der Waals surface area (Å²) in [7, 11) is -0.900. The number of carboxylic acids is 1. The molecule has 7 nitrogen and oxygen atoms in total. The summed E-state index contributed by atoms with van der Waals surface area (Å²) in [4.78, 5) is 25.7. The third-order valence-electron chi connectivity index (χ3n) is 4.08. The van der Waals surface area contributed by atoms with E-state index in [0.29, 0.717) is 19.4 Å². The molecule has 0 bridgehead atoms. The number of nitrogens with zero attached hydrogens (tertiary/aromatic N) is 2.